The van der Waals surface area contributed by atoms with Gasteiger partial charge in [-0.3, -0.25) is 10.1 Å². The summed E-state index contributed by atoms with van der Waals surface area (Å²) in [5.41, 5.74) is 2.24. The Hall–Kier alpha value is -2.20. The Balaban J connectivity index is 2.42. The van der Waals surface area contributed by atoms with Gasteiger partial charge in [-0.25, -0.2) is 10.8 Å². The fraction of sp³-hybridized carbons (Fsp3) is 0.222. The summed E-state index contributed by atoms with van der Waals surface area (Å²) < 4.78 is 1.72. The standard InChI is InChI=1S/C9H11N7O2S/c1-5-13-14-9(15(5)2)19-8-6(16(17)18)3-4-7(11-8)12-10/h3-4H,10H2,1-2H3,(H,11,12). The maximum absolute atomic E-state index is 11.0. The van der Waals surface area contributed by atoms with E-state index in [0.717, 1.165) is 11.8 Å². The molecule has 0 fully saturated rings. The van der Waals surface area contributed by atoms with Crippen molar-refractivity contribution in [2.75, 3.05) is 5.43 Å². The van der Waals surface area contributed by atoms with Crippen molar-refractivity contribution in [1.29, 1.82) is 0 Å². The molecule has 0 aromatic carbocycles. The Morgan fingerprint density at radius 1 is 1.47 bits per heavy atom. The van der Waals surface area contributed by atoms with E-state index in [9.17, 15) is 10.1 Å². The van der Waals surface area contributed by atoms with E-state index >= 15 is 0 Å². The van der Waals surface area contributed by atoms with Gasteiger partial charge in [0.15, 0.2) is 10.2 Å². The van der Waals surface area contributed by atoms with Gasteiger partial charge >= 0.3 is 5.69 Å². The number of nitrogens with zero attached hydrogens (tertiary/aromatic N) is 5. The number of nitro groups is 1. The van der Waals surface area contributed by atoms with Crippen LogP contribution in [0.15, 0.2) is 22.3 Å². The minimum atomic E-state index is -0.501. The van der Waals surface area contributed by atoms with Crippen LogP contribution in [0.2, 0.25) is 0 Å². The van der Waals surface area contributed by atoms with E-state index in [0.29, 0.717) is 16.8 Å². The van der Waals surface area contributed by atoms with E-state index < -0.39 is 4.92 Å². The lowest BCUT2D eigenvalue weighted by Crippen LogP contribution is -2.09. The molecule has 10 heteroatoms. The van der Waals surface area contributed by atoms with E-state index in [-0.39, 0.29) is 10.7 Å². The lowest BCUT2D eigenvalue weighted by atomic mass is 10.4. The van der Waals surface area contributed by atoms with Crippen LogP contribution in [0.4, 0.5) is 11.5 Å². The van der Waals surface area contributed by atoms with Crippen LogP contribution >= 0.6 is 11.8 Å². The highest BCUT2D eigenvalue weighted by molar-refractivity contribution is 7.99. The molecule has 0 radical (unpaired) electrons. The predicted octanol–water partition coefficient (Wildman–Crippen LogP) is 0.864. The van der Waals surface area contributed by atoms with Crippen molar-refractivity contribution in [3.8, 4) is 0 Å². The molecular formula is C9H11N7O2S. The molecule has 9 nitrogen and oxygen atoms in total. The highest BCUT2D eigenvalue weighted by Gasteiger charge is 2.19. The number of aryl methyl sites for hydroxylation is 1. The van der Waals surface area contributed by atoms with Crippen molar-refractivity contribution >= 4 is 23.3 Å². The Kier molecular flexibility index (Phi) is 3.62. The molecule has 0 atom stereocenters. The van der Waals surface area contributed by atoms with Crippen LogP contribution in [-0.2, 0) is 7.05 Å². The summed E-state index contributed by atoms with van der Waals surface area (Å²) in [4.78, 5) is 14.5. The second-order valence-corrected chi connectivity index (χ2v) is 4.57. The quantitative estimate of drug-likeness (QED) is 0.480. The van der Waals surface area contributed by atoms with Crippen molar-refractivity contribution in [1.82, 2.24) is 19.7 Å². The monoisotopic (exact) mass is 281 g/mol. The summed E-state index contributed by atoms with van der Waals surface area (Å²) in [6, 6.07) is 2.78. The van der Waals surface area contributed by atoms with E-state index in [2.05, 4.69) is 20.6 Å². The van der Waals surface area contributed by atoms with Gasteiger partial charge in [0.25, 0.3) is 0 Å². The fourth-order valence-corrected chi connectivity index (χ4v) is 2.21. The molecule has 100 valence electrons. The predicted molar refractivity (Wildman–Crippen MR) is 68.6 cm³/mol. The third-order valence-electron chi connectivity index (χ3n) is 2.43. The topological polar surface area (TPSA) is 125 Å². The largest absolute Gasteiger partial charge is 0.309 e. The first-order valence-corrected chi connectivity index (χ1v) is 6.00. The number of nitrogen functional groups attached to an aromatic ring is 1. The summed E-state index contributed by atoms with van der Waals surface area (Å²) in [6.07, 6.45) is 0. The molecule has 2 heterocycles. The summed E-state index contributed by atoms with van der Waals surface area (Å²) in [5.74, 6) is 6.29. The lowest BCUT2D eigenvalue weighted by molar-refractivity contribution is -0.388. The maximum Gasteiger partial charge on any atom is 0.301 e. The molecule has 0 spiro atoms. The molecule has 0 saturated heterocycles. The molecule has 2 aromatic heterocycles. The first-order valence-electron chi connectivity index (χ1n) is 5.19. The number of hydrogen-bond donors (Lipinski definition) is 2. The first kappa shape index (κ1) is 13.2. The maximum atomic E-state index is 11.0. The third kappa shape index (κ3) is 2.63. The number of hydrogen-bond acceptors (Lipinski definition) is 8. The van der Waals surface area contributed by atoms with Crippen LogP contribution in [0.3, 0.4) is 0 Å². The smallest absolute Gasteiger partial charge is 0.301 e. The number of anilines is 1. The number of rotatable bonds is 4. The SMILES string of the molecule is Cc1nnc(Sc2nc(NN)ccc2[N+](=O)[O-])n1C. The summed E-state index contributed by atoms with van der Waals surface area (Å²) >= 11 is 1.06. The van der Waals surface area contributed by atoms with E-state index in [1.165, 1.54) is 12.1 Å². The molecule has 0 bridgehead atoms. The van der Waals surface area contributed by atoms with Crippen LogP contribution in [0.1, 0.15) is 5.82 Å². The minimum absolute atomic E-state index is 0.107. The molecule has 0 aliphatic carbocycles. The summed E-state index contributed by atoms with van der Waals surface area (Å²) in [5, 5.41) is 19.5. The van der Waals surface area contributed by atoms with Gasteiger partial charge in [0.05, 0.1) is 4.92 Å². The zero-order chi connectivity index (χ0) is 14.0. The fourth-order valence-electron chi connectivity index (χ4n) is 1.29. The molecule has 0 unspecified atom stereocenters. The van der Waals surface area contributed by atoms with Crippen LogP contribution in [-0.4, -0.2) is 24.7 Å². The highest BCUT2D eigenvalue weighted by Crippen LogP contribution is 2.32. The Labute approximate surface area is 112 Å². The van der Waals surface area contributed by atoms with Crippen LogP contribution in [0, 0.1) is 17.0 Å². The molecule has 0 aliphatic rings. The van der Waals surface area contributed by atoms with Gasteiger partial charge in [-0.1, -0.05) is 0 Å². The van der Waals surface area contributed by atoms with Gasteiger partial charge < -0.3 is 9.99 Å². The van der Waals surface area contributed by atoms with Crippen molar-refractivity contribution in [3.63, 3.8) is 0 Å². The van der Waals surface area contributed by atoms with Crippen molar-refractivity contribution in [2.24, 2.45) is 12.9 Å². The number of aromatic nitrogens is 4. The van der Waals surface area contributed by atoms with Crippen LogP contribution in [0.5, 0.6) is 0 Å². The molecular weight excluding hydrogens is 270 g/mol. The summed E-state index contributed by atoms with van der Waals surface area (Å²) in [6.45, 7) is 1.79. The van der Waals surface area contributed by atoms with Gasteiger partial charge in [0, 0.05) is 13.1 Å². The minimum Gasteiger partial charge on any atom is -0.309 e. The number of nitrogens with two attached hydrogens (primary N) is 1. The van der Waals surface area contributed by atoms with Crippen molar-refractivity contribution < 1.29 is 4.92 Å². The van der Waals surface area contributed by atoms with Crippen molar-refractivity contribution in [2.45, 2.75) is 17.1 Å². The van der Waals surface area contributed by atoms with E-state index in [1.807, 2.05) is 0 Å². The van der Waals surface area contributed by atoms with Crippen molar-refractivity contribution in [3.05, 3.63) is 28.1 Å². The molecule has 2 rings (SSSR count). The normalized spacial score (nSPS) is 10.5. The van der Waals surface area contributed by atoms with E-state index in [4.69, 9.17) is 5.84 Å². The zero-order valence-electron chi connectivity index (χ0n) is 10.2. The second kappa shape index (κ2) is 5.20. The average Bonchev–Trinajstić information content (AvgIpc) is 2.70. The number of pyridine rings is 1. The molecule has 19 heavy (non-hydrogen) atoms. The highest BCUT2D eigenvalue weighted by atomic mass is 32.2. The second-order valence-electron chi connectivity index (χ2n) is 3.61. The van der Waals surface area contributed by atoms with Gasteiger partial charge in [-0.2, -0.15) is 0 Å². The Morgan fingerprint density at radius 2 is 2.21 bits per heavy atom. The molecule has 0 aliphatic heterocycles. The van der Waals surface area contributed by atoms with E-state index in [1.54, 1.807) is 18.5 Å². The molecule has 0 amide bonds. The van der Waals surface area contributed by atoms with Crippen LogP contribution < -0.4 is 11.3 Å². The van der Waals surface area contributed by atoms with Crippen LogP contribution in [0.25, 0.3) is 0 Å². The number of nitrogens with one attached hydrogen (secondary N) is 1. The average molecular weight is 281 g/mol. The summed E-state index contributed by atoms with van der Waals surface area (Å²) in [7, 11) is 1.77. The first-order chi connectivity index (χ1) is 9.02. The van der Waals surface area contributed by atoms with Gasteiger partial charge in [0.2, 0.25) is 0 Å². The lowest BCUT2D eigenvalue weighted by Gasteiger charge is -2.04. The number of hydrazine groups is 1. The van der Waals surface area contributed by atoms with Gasteiger partial charge in [-0.05, 0) is 24.8 Å². The zero-order valence-corrected chi connectivity index (χ0v) is 11.0. The molecule has 3 N–H and O–H groups in total. The van der Waals surface area contributed by atoms with Gasteiger partial charge in [0.1, 0.15) is 11.6 Å². The Bertz CT molecular complexity index is 627. The van der Waals surface area contributed by atoms with Gasteiger partial charge in [-0.15, -0.1) is 10.2 Å². The molecule has 2 aromatic rings. The molecule has 0 saturated carbocycles. The Morgan fingerprint density at radius 3 is 2.74 bits per heavy atom. The third-order valence-corrected chi connectivity index (χ3v) is 3.46.